The van der Waals surface area contributed by atoms with E-state index in [0.717, 1.165) is 28.4 Å². The lowest BCUT2D eigenvalue weighted by molar-refractivity contribution is 0.651. The van der Waals surface area contributed by atoms with Crippen molar-refractivity contribution in [1.29, 1.82) is 0 Å². The Morgan fingerprint density at radius 1 is 1.25 bits per heavy atom. The summed E-state index contributed by atoms with van der Waals surface area (Å²) in [6.45, 7) is 4.57. The highest BCUT2D eigenvalue weighted by Gasteiger charge is 2.17. The highest BCUT2D eigenvalue weighted by atomic mass is 35.5. The summed E-state index contributed by atoms with van der Waals surface area (Å²) in [5.74, 6) is 0.834. The van der Waals surface area contributed by atoms with E-state index in [-0.39, 0.29) is 5.38 Å². The van der Waals surface area contributed by atoms with Crippen LogP contribution < -0.4 is 0 Å². The highest BCUT2D eigenvalue weighted by Crippen LogP contribution is 2.24. The van der Waals surface area contributed by atoms with E-state index in [1.54, 1.807) is 6.20 Å². The largest absolute Gasteiger partial charge is 0.305 e. The molecule has 20 heavy (non-hydrogen) atoms. The quantitative estimate of drug-likeness (QED) is 0.697. The molecule has 0 aromatic carbocycles. The molecule has 104 valence electrons. The van der Waals surface area contributed by atoms with Crippen LogP contribution >= 0.6 is 11.6 Å². The van der Waals surface area contributed by atoms with Gasteiger partial charge in [0.1, 0.15) is 11.3 Å². The molecule has 6 heteroatoms. The molecule has 0 fully saturated rings. The lowest BCUT2D eigenvalue weighted by atomic mass is 10.3. The third-order valence-corrected chi connectivity index (χ3v) is 3.55. The van der Waals surface area contributed by atoms with Crippen LogP contribution in [0.4, 0.5) is 0 Å². The number of hydrogen-bond acceptors (Lipinski definition) is 3. The minimum atomic E-state index is -0.169. The summed E-state index contributed by atoms with van der Waals surface area (Å²) in [4.78, 5) is 9.20. The maximum Gasteiger partial charge on any atom is 0.160 e. The van der Waals surface area contributed by atoms with Crippen molar-refractivity contribution in [3.8, 4) is 0 Å². The predicted octanol–water partition coefficient (Wildman–Crippen LogP) is 2.82. The van der Waals surface area contributed by atoms with Crippen LogP contribution in [0.2, 0.25) is 0 Å². The molecule has 3 rings (SSSR count). The van der Waals surface area contributed by atoms with Crippen molar-refractivity contribution < 1.29 is 0 Å². The third kappa shape index (κ3) is 2.18. The summed E-state index contributed by atoms with van der Waals surface area (Å²) < 4.78 is 3.92. The molecule has 5 nitrogen and oxygen atoms in total. The molecular formula is C14H16ClN5. The number of nitrogens with zero attached hydrogens (tertiary/aromatic N) is 5. The first kappa shape index (κ1) is 13.1. The van der Waals surface area contributed by atoms with Crippen LogP contribution in [0, 0.1) is 6.92 Å². The van der Waals surface area contributed by atoms with Gasteiger partial charge in [0.15, 0.2) is 5.65 Å². The zero-order valence-electron chi connectivity index (χ0n) is 11.7. The van der Waals surface area contributed by atoms with Crippen LogP contribution in [0.25, 0.3) is 11.2 Å². The van der Waals surface area contributed by atoms with Gasteiger partial charge in [-0.15, -0.1) is 11.6 Å². The van der Waals surface area contributed by atoms with E-state index in [1.165, 1.54) is 0 Å². The highest BCUT2D eigenvalue weighted by molar-refractivity contribution is 6.20. The number of pyridine rings is 1. The Kier molecular flexibility index (Phi) is 3.22. The Balaban J connectivity index is 2.18. The average Bonchev–Trinajstić information content (AvgIpc) is 2.95. The zero-order chi connectivity index (χ0) is 14.3. The second-order valence-electron chi connectivity index (χ2n) is 4.91. The Morgan fingerprint density at radius 2 is 2.05 bits per heavy atom. The average molecular weight is 290 g/mol. The first-order chi connectivity index (χ1) is 9.56. The van der Waals surface area contributed by atoms with E-state index >= 15 is 0 Å². The van der Waals surface area contributed by atoms with Gasteiger partial charge >= 0.3 is 0 Å². The molecule has 0 saturated heterocycles. The number of alkyl halides is 1. The lowest BCUT2D eigenvalue weighted by Crippen LogP contribution is -2.10. The van der Waals surface area contributed by atoms with Gasteiger partial charge in [-0.3, -0.25) is 4.68 Å². The first-order valence-corrected chi connectivity index (χ1v) is 6.94. The molecule has 3 aromatic rings. The molecule has 0 amide bonds. The van der Waals surface area contributed by atoms with E-state index in [4.69, 9.17) is 11.6 Å². The van der Waals surface area contributed by atoms with Crippen LogP contribution in [0.5, 0.6) is 0 Å². The molecule has 0 saturated carbocycles. The van der Waals surface area contributed by atoms with Gasteiger partial charge in [-0.2, -0.15) is 5.10 Å². The number of imidazole rings is 1. The number of aromatic nitrogens is 5. The van der Waals surface area contributed by atoms with Gasteiger partial charge in [0, 0.05) is 18.9 Å². The molecule has 3 heterocycles. The second kappa shape index (κ2) is 4.90. The summed E-state index contributed by atoms with van der Waals surface area (Å²) in [6.07, 6.45) is 1.79. The fourth-order valence-electron chi connectivity index (χ4n) is 2.29. The Morgan fingerprint density at radius 3 is 2.70 bits per heavy atom. The van der Waals surface area contributed by atoms with Crippen LogP contribution in [0.15, 0.2) is 24.4 Å². The van der Waals surface area contributed by atoms with Gasteiger partial charge in [0.25, 0.3) is 0 Å². The Bertz CT molecular complexity index is 756. The smallest absolute Gasteiger partial charge is 0.160 e. The maximum absolute atomic E-state index is 6.27. The van der Waals surface area contributed by atoms with Gasteiger partial charge in [0.05, 0.1) is 17.6 Å². The van der Waals surface area contributed by atoms with Gasteiger partial charge < -0.3 is 4.57 Å². The molecule has 0 spiro atoms. The Labute approximate surface area is 122 Å². The summed E-state index contributed by atoms with van der Waals surface area (Å²) in [5, 5.41) is 4.03. The Hall–Kier alpha value is -1.88. The standard InChI is InChI=1S/C14H16ClN5/c1-9-4-5-12-14(17-9)20(13(18-12)10(2)15)8-11-6-7-16-19(11)3/h4-7,10H,8H2,1-3H3. The molecule has 0 aliphatic heterocycles. The van der Waals surface area contributed by atoms with E-state index in [1.807, 2.05) is 43.8 Å². The molecular weight excluding hydrogens is 274 g/mol. The number of fused-ring (bicyclic) bond motifs is 1. The van der Waals surface area contributed by atoms with Gasteiger partial charge in [-0.25, -0.2) is 9.97 Å². The molecule has 3 aromatic heterocycles. The molecule has 0 N–H and O–H groups in total. The van der Waals surface area contributed by atoms with Crippen molar-refractivity contribution in [2.75, 3.05) is 0 Å². The van der Waals surface area contributed by atoms with E-state index < -0.39 is 0 Å². The predicted molar refractivity (Wildman–Crippen MR) is 78.8 cm³/mol. The molecule has 0 bridgehead atoms. The molecule has 0 aliphatic rings. The lowest BCUT2D eigenvalue weighted by Gasteiger charge is -2.10. The topological polar surface area (TPSA) is 48.5 Å². The van der Waals surface area contributed by atoms with Crippen molar-refractivity contribution in [3.63, 3.8) is 0 Å². The van der Waals surface area contributed by atoms with E-state index in [0.29, 0.717) is 6.54 Å². The second-order valence-corrected chi connectivity index (χ2v) is 5.57. The summed E-state index contributed by atoms with van der Waals surface area (Å²) >= 11 is 6.27. The van der Waals surface area contributed by atoms with Crippen LogP contribution in [0.1, 0.15) is 29.5 Å². The number of aryl methyl sites for hydroxylation is 2. The van der Waals surface area contributed by atoms with Crippen molar-refractivity contribution in [2.24, 2.45) is 7.05 Å². The summed E-state index contributed by atoms with van der Waals surface area (Å²) in [6, 6.07) is 5.94. The van der Waals surface area contributed by atoms with Crippen molar-refractivity contribution >= 4 is 22.8 Å². The summed E-state index contributed by atoms with van der Waals surface area (Å²) in [5.41, 5.74) is 3.80. The van der Waals surface area contributed by atoms with Crippen LogP contribution in [-0.2, 0) is 13.6 Å². The fraction of sp³-hybridized carbons (Fsp3) is 0.357. The van der Waals surface area contributed by atoms with E-state index in [2.05, 4.69) is 19.6 Å². The molecule has 0 radical (unpaired) electrons. The van der Waals surface area contributed by atoms with Gasteiger partial charge in [-0.1, -0.05) is 0 Å². The van der Waals surface area contributed by atoms with Crippen LogP contribution in [-0.4, -0.2) is 24.3 Å². The number of hydrogen-bond donors (Lipinski definition) is 0. The van der Waals surface area contributed by atoms with Gasteiger partial charge in [0.2, 0.25) is 0 Å². The molecule has 1 unspecified atom stereocenters. The normalized spacial score (nSPS) is 13.0. The number of rotatable bonds is 3. The van der Waals surface area contributed by atoms with E-state index in [9.17, 15) is 0 Å². The third-order valence-electron chi connectivity index (χ3n) is 3.36. The van der Waals surface area contributed by atoms with Crippen LogP contribution in [0.3, 0.4) is 0 Å². The minimum absolute atomic E-state index is 0.169. The summed E-state index contributed by atoms with van der Waals surface area (Å²) in [7, 11) is 1.93. The van der Waals surface area contributed by atoms with Crippen molar-refractivity contribution in [3.05, 3.63) is 41.6 Å². The van der Waals surface area contributed by atoms with Crippen molar-refractivity contribution in [1.82, 2.24) is 24.3 Å². The SMILES string of the molecule is Cc1ccc2nc(C(C)Cl)n(Cc3ccnn3C)c2n1. The van der Waals surface area contributed by atoms with Gasteiger partial charge in [-0.05, 0) is 32.0 Å². The fourth-order valence-corrected chi connectivity index (χ4v) is 2.46. The monoisotopic (exact) mass is 289 g/mol. The maximum atomic E-state index is 6.27. The minimum Gasteiger partial charge on any atom is -0.305 e. The number of halogens is 1. The first-order valence-electron chi connectivity index (χ1n) is 6.51. The zero-order valence-corrected chi connectivity index (χ0v) is 12.5. The molecule has 0 aliphatic carbocycles. The molecule has 1 atom stereocenters. The van der Waals surface area contributed by atoms with Crippen molar-refractivity contribution in [2.45, 2.75) is 25.8 Å².